The van der Waals surface area contributed by atoms with E-state index in [1.54, 1.807) is 40.0 Å². The third-order valence-electron chi connectivity index (χ3n) is 6.29. The molecule has 1 aliphatic heterocycles. The van der Waals surface area contributed by atoms with Gasteiger partial charge in [-0.2, -0.15) is 0 Å². The van der Waals surface area contributed by atoms with Crippen molar-refractivity contribution in [3.8, 4) is 5.75 Å². The van der Waals surface area contributed by atoms with Gasteiger partial charge in [-0.3, -0.25) is 14.3 Å². The second kappa shape index (κ2) is 13.7. The Morgan fingerprint density at radius 2 is 1.83 bits per heavy atom. The van der Waals surface area contributed by atoms with Gasteiger partial charge in [-0.05, 0) is 63.0 Å². The van der Waals surface area contributed by atoms with Crippen molar-refractivity contribution in [1.82, 2.24) is 10.2 Å². The summed E-state index contributed by atoms with van der Waals surface area (Å²) in [4.78, 5) is 15.3. The fraction of sp³-hybridized carbons (Fsp3) is 0.731. The van der Waals surface area contributed by atoms with Crippen LogP contribution in [0.4, 0.5) is 0 Å². The molecule has 0 amide bonds. The van der Waals surface area contributed by atoms with Gasteiger partial charge in [0.05, 0.1) is 24.8 Å². The van der Waals surface area contributed by atoms with E-state index in [0.29, 0.717) is 24.0 Å². The van der Waals surface area contributed by atoms with Crippen LogP contribution < -0.4 is 10.1 Å². The van der Waals surface area contributed by atoms with Gasteiger partial charge in [-0.15, -0.1) is 0 Å². The lowest BCUT2D eigenvalue weighted by molar-refractivity contribution is -0.122. The van der Waals surface area contributed by atoms with Crippen LogP contribution in [0.2, 0.25) is 5.02 Å². The first kappa shape index (κ1) is 31.2. The zero-order valence-electron chi connectivity index (χ0n) is 23.1. The molecule has 0 aromatic heterocycles. The van der Waals surface area contributed by atoms with Crippen molar-refractivity contribution in [2.24, 2.45) is 5.41 Å². The van der Waals surface area contributed by atoms with Crippen LogP contribution in [0.25, 0.3) is 0 Å². The van der Waals surface area contributed by atoms with Gasteiger partial charge < -0.3 is 23.8 Å². The van der Waals surface area contributed by atoms with Crippen LogP contribution in [0.15, 0.2) is 12.1 Å². The molecular weight excluding hydrogens is 503 g/mol. The molecule has 8 nitrogen and oxygen atoms in total. The van der Waals surface area contributed by atoms with E-state index in [2.05, 4.69) is 26.1 Å². The molecule has 3 atom stereocenters. The Bertz CT molecular complexity index is 910. The van der Waals surface area contributed by atoms with Gasteiger partial charge in [0.1, 0.15) is 5.75 Å². The molecule has 0 fully saturated rings. The zero-order valence-corrected chi connectivity index (χ0v) is 24.7. The minimum atomic E-state index is -3.69. The van der Waals surface area contributed by atoms with Crippen LogP contribution in [0.3, 0.4) is 0 Å². The summed E-state index contributed by atoms with van der Waals surface area (Å²) in [5, 5.41) is 4.17. The molecule has 1 aromatic rings. The van der Waals surface area contributed by atoms with Crippen molar-refractivity contribution in [3.05, 3.63) is 28.3 Å². The summed E-state index contributed by atoms with van der Waals surface area (Å²) in [6.07, 6.45) is 1.67. The maximum absolute atomic E-state index is 13.7. The average Bonchev–Trinajstić information content (AvgIpc) is 2.76. The first-order valence-corrected chi connectivity index (χ1v) is 14.6. The second-order valence-corrected chi connectivity index (χ2v) is 12.9. The van der Waals surface area contributed by atoms with Crippen LogP contribution in [0.5, 0.6) is 5.75 Å². The molecule has 1 aromatic carbocycles. The van der Waals surface area contributed by atoms with E-state index in [0.717, 1.165) is 24.0 Å². The summed E-state index contributed by atoms with van der Waals surface area (Å²) < 4.78 is 35.7. The number of halogens is 1. The standard InChI is InChI=1S/C26H44ClN2O6P/c1-9-34-36(31,35-10-2)25(29(6)7)22(30)17-21-19-16-20(27)23(33-13-11-12-32-8)14-18(19)15-24(28-21)26(3,4)5/h14,16,21,24-25,28H,9-13,15,17H2,1-8H3. The van der Waals surface area contributed by atoms with Crippen LogP contribution in [-0.4, -0.2) is 70.1 Å². The van der Waals surface area contributed by atoms with Gasteiger partial charge in [-0.1, -0.05) is 32.4 Å². The number of nitrogens with zero attached hydrogens (tertiary/aromatic N) is 1. The predicted molar refractivity (Wildman–Crippen MR) is 144 cm³/mol. The van der Waals surface area contributed by atoms with E-state index in [1.165, 1.54) is 0 Å². The van der Waals surface area contributed by atoms with Crippen LogP contribution in [-0.2, 0) is 29.6 Å². The number of benzene rings is 1. The monoisotopic (exact) mass is 546 g/mol. The summed E-state index contributed by atoms with van der Waals surface area (Å²) in [7, 11) is 1.42. The first-order chi connectivity index (χ1) is 16.9. The molecule has 0 aliphatic carbocycles. The van der Waals surface area contributed by atoms with E-state index in [-0.39, 0.29) is 42.9 Å². The van der Waals surface area contributed by atoms with Crippen molar-refractivity contribution in [2.45, 2.75) is 71.7 Å². The average molecular weight is 547 g/mol. The van der Waals surface area contributed by atoms with Crippen LogP contribution >= 0.6 is 19.2 Å². The predicted octanol–water partition coefficient (Wildman–Crippen LogP) is 5.47. The zero-order chi connectivity index (χ0) is 27.1. The maximum atomic E-state index is 13.7. The van der Waals surface area contributed by atoms with Crippen molar-refractivity contribution in [1.29, 1.82) is 0 Å². The second-order valence-electron chi connectivity index (χ2n) is 10.4. The first-order valence-electron chi connectivity index (χ1n) is 12.7. The quantitative estimate of drug-likeness (QED) is 0.243. The molecule has 0 spiro atoms. The SMILES string of the molecule is CCOP(=O)(OCC)C(C(=O)CC1NC(C(C)(C)C)Cc2cc(OCCCOC)c(Cl)cc21)N(C)C. The largest absolute Gasteiger partial charge is 0.492 e. The molecule has 1 aliphatic rings. The maximum Gasteiger partial charge on any atom is 0.355 e. The number of fused-ring (bicyclic) bond motifs is 1. The number of ether oxygens (including phenoxy) is 2. The lowest BCUT2D eigenvalue weighted by Crippen LogP contribution is -2.48. The fourth-order valence-electron chi connectivity index (χ4n) is 4.54. The Balaban J connectivity index is 2.41. The Labute approximate surface area is 221 Å². The topological polar surface area (TPSA) is 86.3 Å². The minimum absolute atomic E-state index is 0.0506. The molecule has 1 heterocycles. The van der Waals surface area contributed by atoms with Crippen LogP contribution in [0, 0.1) is 5.41 Å². The number of Topliss-reactive ketones (excluding diaryl/α,β-unsaturated/α-hetero) is 1. The Morgan fingerprint density at radius 1 is 1.19 bits per heavy atom. The van der Waals surface area contributed by atoms with Gasteiger partial charge >= 0.3 is 7.60 Å². The van der Waals surface area contributed by atoms with Crippen molar-refractivity contribution >= 4 is 25.0 Å². The van der Waals surface area contributed by atoms with Crippen LogP contribution in [0.1, 0.15) is 64.6 Å². The summed E-state index contributed by atoms with van der Waals surface area (Å²) >= 11 is 6.61. The summed E-state index contributed by atoms with van der Waals surface area (Å²) in [6, 6.07) is 3.70. The van der Waals surface area contributed by atoms with E-state index in [9.17, 15) is 9.36 Å². The van der Waals surface area contributed by atoms with E-state index < -0.39 is 13.4 Å². The highest BCUT2D eigenvalue weighted by Crippen LogP contribution is 2.54. The summed E-state index contributed by atoms with van der Waals surface area (Å²) in [5.41, 5.74) is 2.00. The summed E-state index contributed by atoms with van der Waals surface area (Å²) in [6.45, 7) is 11.5. The molecule has 0 saturated heterocycles. The van der Waals surface area contributed by atoms with Gasteiger partial charge in [-0.25, -0.2) is 0 Å². The molecule has 1 N–H and O–H groups in total. The number of hydrogen-bond acceptors (Lipinski definition) is 8. The molecular formula is C26H44ClN2O6P. The number of rotatable bonds is 14. The Kier molecular flexibility index (Phi) is 11.9. The summed E-state index contributed by atoms with van der Waals surface area (Å²) in [5.74, 6) is -0.578. The molecule has 2 rings (SSSR count). The molecule has 206 valence electrons. The molecule has 0 radical (unpaired) electrons. The smallest absolute Gasteiger partial charge is 0.355 e. The number of carbonyl (C=O) groups is 1. The Morgan fingerprint density at radius 3 is 2.36 bits per heavy atom. The third-order valence-corrected chi connectivity index (χ3v) is 9.17. The number of nitrogens with one attached hydrogen (secondary N) is 1. The number of likely N-dealkylation sites (N-methyl/N-ethyl adjacent to an activating group) is 1. The van der Waals surface area contributed by atoms with Gasteiger partial charge in [0, 0.05) is 38.6 Å². The molecule has 0 bridgehead atoms. The van der Waals surface area contributed by atoms with Crippen molar-refractivity contribution in [2.75, 3.05) is 47.6 Å². The number of ketones is 1. The number of methoxy groups -OCH3 is 1. The fourth-order valence-corrected chi connectivity index (χ4v) is 6.86. The van der Waals surface area contributed by atoms with Crippen molar-refractivity contribution < 1.29 is 27.9 Å². The lowest BCUT2D eigenvalue weighted by atomic mass is 9.77. The molecule has 0 saturated carbocycles. The van der Waals surface area contributed by atoms with E-state index >= 15 is 0 Å². The lowest BCUT2D eigenvalue weighted by Gasteiger charge is -2.41. The molecule has 10 heteroatoms. The van der Waals surface area contributed by atoms with E-state index in [4.69, 9.17) is 30.1 Å². The highest BCUT2D eigenvalue weighted by atomic mass is 35.5. The molecule has 36 heavy (non-hydrogen) atoms. The highest BCUT2D eigenvalue weighted by Gasteiger charge is 2.44. The van der Waals surface area contributed by atoms with Gasteiger partial charge in [0.15, 0.2) is 11.6 Å². The third kappa shape index (κ3) is 8.00. The highest BCUT2D eigenvalue weighted by molar-refractivity contribution is 7.55. The van der Waals surface area contributed by atoms with Gasteiger partial charge in [0.2, 0.25) is 0 Å². The van der Waals surface area contributed by atoms with Crippen molar-refractivity contribution in [3.63, 3.8) is 0 Å². The van der Waals surface area contributed by atoms with Gasteiger partial charge in [0.25, 0.3) is 0 Å². The molecule has 3 unspecified atom stereocenters. The minimum Gasteiger partial charge on any atom is -0.492 e. The number of carbonyl (C=O) groups excluding carboxylic acids is 1. The normalized spacial score (nSPS) is 19.3. The van der Waals surface area contributed by atoms with E-state index in [1.807, 2.05) is 12.1 Å². The number of hydrogen-bond donors (Lipinski definition) is 1. The Hall–Kier alpha value is -0.990.